The maximum atomic E-state index is 12.8. The minimum absolute atomic E-state index is 0.116. The number of hydrogen-bond acceptors (Lipinski definition) is 13. The number of rotatable bonds is 17. The van der Waals surface area contributed by atoms with Gasteiger partial charge in [0.1, 0.15) is 29.5 Å². The standard InChI is InChI=1S/C42H46O13/c1-26(43)51-36-24-49-39-37(25-50-38(36)39)55-42(46)30-11-17-33(18-12-30)53-41(45)29-9-15-32(16-10-29)52-40(44)28-7-13-31(14-8-28)48-21-5-3-2-4-20-47-23-27-6-19-34-35(22-27)54-34/h7-18,27,34-39H,2-6,19-25H2,1H3. The van der Waals surface area contributed by atoms with Crippen LogP contribution in [-0.2, 0) is 33.2 Å². The third-order valence-electron chi connectivity index (χ3n) is 10.1. The summed E-state index contributed by atoms with van der Waals surface area (Å²) in [7, 11) is 0. The monoisotopic (exact) mass is 758 g/mol. The molecule has 292 valence electrons. The number of carbonyl (C=O) groups is 4. The van der Waals surface area contributed by atoms with E-state index >= 15 is 0 Å². The molecule has 13 nitrogen and oxygen atoms in total. The topological polar surface area (TPSA) is 155 Å². The summed E-state index contributed by atoms with van der Waals surface area (Å²) < 4.78 is 50.4. The molecular formula is C42H46O13. The van der Waals surface area contributed by atoms with Crippen molar-refractivity contribution in [2.45, 2.75) is 88.5 Å². The van der Waals surface area contributed by atoms with Crippen LogP contribution in [0.5, 0.6) is 17.2 Å². The Hall–Kier alpha value is -4.82. The molecule has 7 rings (SSSR count). The van der Waals surface area contributed by atoms with E-state index in [-0.39, 0.29) is 35.8 Å². The van der Waals surface area contributed by atoms with Crippen LogP contribution in [-0.4, -0.2) is 93.5 Å². The van der Waals surface area contributed by atoms with Crippen LogP contribution >= 0.6 is 0 Å². The van der Waals surface area contributed by atoms with Crippen molar-refractivity contribution in [3.05, 3.63) is 89.5 Å². The first-order chi connectivity index (χ1) is 26.8. The van der Waals surface area contributed by atoms with Crippen LogP contribution in [0, 0.1) is 5.92 Å². The minimum atomic E-state index is -0.655. The van der Waals surface area contributed by atoms with E-state index in [4.69, 9.17) is 42.6 Å². The van der Waals surface area contributed by atoms with Gasteiger partial charge in [0.05, 0.1) is 48.7 Å². The molecule has 4 aliphatic rings. The van der Waals surface area contributed by atoms with Gasteiger partial charge >= 0.3 is 23.9 Å². The molecule has 0 radical (unpaired) electrons. The first-order valence-corrected chi connectivity index (χ1v) is 19.0. The second-order valence-electron chi connectivity index (χ2n) is 14.3. The van der Waals surface area contributed by atoms with Crippen molar-refractivity contribution < 1.29 is 61.8 Å². The molecule has 1 aliphatic carbocycles. The van der Waals surface area contributed by atoms with E-state index in [1.54, 1.807) is 24.3 Å². The maximum absolute atomic E-state index is 12.8. The summed E-state index contributed by atoms with van der Waals surface area (Å²) in [5, 5.41) is 0. The Morgan fingerprint density at radius 2 is 1.13 bits per heavy atom. The zero-order valence-corrected chi connectivity index (χ0v) is 30.8. The molecule has 3 aromatic carbocycles. The van der Waals surface area contributed by atoms with Crippen molar-refractivity contribution in [2.75, 3.05) is 33.0 Å². The van der Waals surface area contributed by atoms with Gasteiger partial charge in [-0.2, -0.15) is 0 Å². The molecule has 7 atom stereocenters. The Morgan fingerprint density at radius 1 is 0.600 bits per heavy atom. The number of carbonyl (C=O) groups excluding carboxylic acids is 4. The van der Waals surface area contributed by atoms with Crippen molar-refractivity contribution in [2.24, 2.45) is 5.92 Å². The molecule has 0 aromatic heterocycles. The normalized spacial score (nSPS) is 24.9. The van der Waals surface area contributed by atoms with Crippen molar-refractivity contribution >= 4 is 23.9 Å². The average molecular weight is 759 g/mol. The Kier molecular flexibility index (Phi) is 12.7. The van der Waals surface area contributed by atoms with Gasteiger partial charge in [-0.05, 0) is 117 Å². The first-order valence-electron chi connectivity index (χ1n) is 19.0. The second-order valence-corrected chi connectivity index (χ2v) is 14.3. The molecule has 4 fully saturated rings. The summed E-state index contributed by atoms with van der Waals surface area (Å²) in [6.07, 6.45) is 6.53. The van der Waals surface area contributed by atoms with Crippen LogP contribution in [0.15, 0.2) is 72.8 Å². The summed E-state index contributed by atoms with van der Waals surface area (Å²) >= 11 is 0. The summed E-state index contributed by atoms with van der Waals surface area (Å²) in [4.78, 5) is 49.6. The Bertz CT molecular complexity index is 1770. The summed E-state index contributed by atoms with van der Waals surface area (Å²) in [5.41, 5.74) is 0.840. The SMILES string of the molecule is CC(=O)OC1COC2C(OC(=O)c3ccc(OC(=O)c4ccc(OC(=O)c5ccc(OCCCCCCOCC6CCC7OC7C6)cc5)cc4)cc3)COC12. The number of esters is 4. The lowest BCUT2D eigenvalue weighted by atomic mass is 9.90. The molecule has 0 N–H and O–H groups in total. The van der Waals surface area contributed by atoms with Crippen LogP contribution in [0.3, 0.4) is 0 Å². The van der Waals surface area contributed by atoms with E-state index in [0.29, 0.717) is 36.0 Å². The molecule has 13 heteroatoms. The predicted octanol–water partition coefficient (Wildman–Crippen LogP) is 5.90. The van der Waals surface area contributed by atoms with Gasteiger partial charge in [-0.25, -0.2) is 14.4 Å². The van der Waals surface area contributed by atoms with Gasteiger partial charge in [0.2, 0.25) is 0 Å². The van der Waals surface area contributed by atoms with Crippen LogP contribution < -0.4 is 14.2 Å². The van der Waals surface area contributed by atoms with E-state index in [1.165, 1.54) is 68.3 Å². The van der Waals surface area contributed by atoms with Crippen molar-refractivity contribution in [3.63, 3.8) is 0 Å². The number of epoxide rings is 1. The van der Waals surface area contributed by atoms with Crippen molar-refractivity contribution in [3.8, 4) is 17.2 Å². The smallest absolute Gasteiger partial charge is 0.343 e. The Morgan fingerprint density at radius 3 is 1.69 bits per heavy atom. The minimum Gasteiger partial charge on any atom is -0.494 e. The fraction of sp³-hybridized carbons (Fsp3) is 0.476. The number of hydrogen-bond donors (Lipinski definition) is 0. The zero-order valence-electron chi connectivity index (χ0n) is 30.8. The predicted molar refractivity (Wildman–Crippen MR) is 194 cm³/mol. The largest absolute Gasteiger partial charge is 0.494 e. The lowest BCUT2D eigenvalue weighted by Gasteiger charge is -2.18. The van der Waals surface area contributed by atoms with Gasteiger partial charge in [0, 0.05) is 20.1 Å². The van der Waals surface area contributed by atoms with Crippen LogP contribution in [0.4, 0.5) is 0 Å². The van der Waals surface area contributed by atoms with Gasteiger partial charge in [0.25, 0.3) is 0 Å². The second kappa shape index (κ2) is 18.2. The van der Waals surface area contributed by atoms with E-state index in [9.17, 15) is 19.2 Å². The summed E-state index contributed by atoms with van der Waals surface area (Å²) in [6.45, 7) is 3.84. The fourth-order valence-electron chi connectivity index (χ4n) is 7.13. The Labute approximate surface area is 319 Å². The zero-order chi connectivity index (χ0) is 38.1. The number of fused-ring (bicyclic) bond motifs is 2. The maximum Gasteiger partial charge on any atom is 0.343 e. The summed E-state index contributed by atoms with van der Waals surface area (Å²) in [5.74, 6) is -0.401. The molecule has 0 spiro atoms. The fourth-order valence-corrected chi connectivity index (χ4v) is 7.13. The van der Waals surface area contributed by atoms with Crippen molar-refractivity contribution in [1.82, 2.24) is 0 Å². The summed E-state index contributed by atoms with van der Waals surface area (Å²) in [6, 6.07) is 18.7. The average Bonchev–Trinajstić information content (AvgIpc) is 3.70. The van der Waals surface area contributed by atoms with Gasteiger partial charge in [-0.15, -0.1) is 0 Å². The molecule has 3 heterocycles. The highest BCUT2D eigenvalue weighted by Crippen LogP contribution is 2.39. The molecule has 3 saturated heterocycles. The number of unbranched alkanes of at least 4 members (excludes halogenated alkanes) is 3. The van der Waals surface area contributed by atoms with E-state index < -0.39 is 48.3 Å². The van der Waals surface area contributed by atoms with E-state index in [2.05, 4.69) is 0 Å². The van der Waals surface area contributed by atoms with Crippen LogP contribution in [0.2, 0.25) is 0 Å². The molecule has 1 saturated carbocycles. The molecule has 7 unspecified atom stereocenters. The van der Waals surface area contributed by atoms with Gasteiger partial charge < -0.3 is 42.6 Å². The molecule has 0 bridgehead atoms. The van der Waals surface area contributed by atoms with E-state index in [0.717, 1.165) is 45.3 Å². The third-order valence-corrected chi connectivity index (χ3v) is 10.1. The van der Waals surface area contributed by atoms with E-state index in [1.807, 2.05) is 0 Å². The van der Waals surface area contributed by atoms with Crippen LogP contribution in [0.25, 0.3) is 0 Å². The Balaban J connectivity index is 0.772. The quantitative estimate of drug-likeness (QED) is 0.0695. The van der Waals surface area contributed by atoms with Crippen molar-refractivity contribution in [1.29, 1.82) is 0 Å². The third kappa shape index (κ3) is 10.5. The highest BCUT2D eigenvalue weighted by atomic mass is 16.7. The van der Waals surface area contributed by atoms with Crippen LogP contribution in [0.1, 0.15) is 82.9 Å². The molecular weight excluding hydrogens is 712 g/mol. The highest BCUT2D eigenvalue weighted by molar-refractivity contribution is 5.93. The first kappa shape index (κ1) is 38.5. The molecule has 3 aliphatic heterocycles. The number of benzene rings is 3. The highest BCUT2D eigenvalue weighted by Gasteiger charge is 2.51. The lowest BCUT2D eigenvalue weighted by molar-refractivity contribution is -0.151. The number of ether oxygens (including phenoxy) is 9. The molecule has 3 aromatic rings. The van der Waals surface area contributed by atoms with Gasteiger partial charge in [0.15, 0.2) is 12.2 Å². The van der Waals surface area contributed by atoms with Gasteiger partial charge in [-0.1, -0.05) is 6.42 Å². The van der Waals surface area contributed by atoms with Gasteiger partial charge in [-0.3, -0.25) is 4.79 Å². The molecule has 0 amide bonds. The lowest BCUT2D eigenvalue weighted by Crippen LogP contribution is -2.35. The molecule has 55 heavy (non-hydrogen) atoms.